The lowest BCUT2D eigenvalue weighted by Crippen LogP contribution is -2.39. The van der Waals surface area contributed by atoms with Gasteiger partial charge in [0, 0.05) is 5.69 Å². The number of amidine groups is 1. The van der Waals surface area contributed by atoms with Crippen LogP contribution in [0.3, 0.4) is 0 Å². The van der Waals surface area contributed by atoms with Gasteiger partial charge in [0.05, 0.1) is 5.69 Å². The van der Waals surface area contributed by atoms with E-state index in [1.807, 2.05) is 24.3 Å². The molecule has 3 rings (SSSR count). The predicted molar refractivity (Wildman–Crippen MR) is 88.3 cm³/mol. The molecule has 1 atom stereocenters. The third-order valence-corrected chi connectivity index (χ3v) is 4.01. The number of hydrogen-bond acceptors (Lipinski definition) is 4. The van der Waals surface area contributed by atoms with Gasteiger partial charge in [-0.25, -0.2) is 5.01 Å². The van der Waals surface area contributed by atoms with E-state index in [1.54, 1.807) is 11.8 Å². The number of thioether (sulfide) groups is 1. The van der Waals surface area contributed by atoms with Gasteiger partial charge >= 0.3 is 0 Å². The van der Waals surface area contributed by atoms with Crippen LogP contribution in [0.25, 0.3) is 0 Å². The molecule has 3 nitrogen and oxygen atoms in total. The third kappa shape index (κ3) is 2.27. The Bertz CT molecular complexity index is 598. The number of benzene rings is 2. The Morgan fingerprint density at radius 1 is 0.900 bits per heavy atom. The fourth-order valence-electron chi connectivity index (χ4n) is 2.40. The number of hydrazone groups is 1. The summed E-state index contributed by atoms with van der Waals surface area (Å²) in [6, 6.07) is 20.7. The lowest BCUT2D eigenvalue weighted by molar-refractivity contribution is 0.718. The van der Waals surface area contributed by atoms with E-state index >= 15 is 0 Å². The molecule has 0 N–H and O–H groups in total. The van der Waals surface area contributed by atoms with Crippen molar-refractivity contribution in [3.05, 3.63) is 60.7 Å². The second kappa shape index (κ2) is 5.59. The smallest absolute Gasteiger partial charge is 0.189 e. The van der Waals surface area contributed by atoms with Crippen LogP contribution in [0.15, 0.2) is 65.8 Å². The molecule has 0 amide bonds. The maximum absolute atomic E-state index is 4.75. The van der Waals surface area contributed by atoms with Gasteiger partial charge in [-0.15, -0.1) is 5.10 Å². The third-order valence-electron chi connectivity index (χ3n) is 3.36. The van der Waals surface area contributed by atoms with Gasteiger partial charge in [-0.3, -0.25) is 4.90 Å². The lowest BCUT2D eigenvalue weighted by atomic mass is 10.2. The summed E-state index contributed by atoms with van der Waals surface area (Å²) in [6.07, 6.45) is 2.23. The van der Waals surface area contributed by atoms with Crippen LogP contribution in [0.1, 0.15) is 6.92 Å². The summed E-state index contributed by atoms with van der Waals surface area (Å²) in [5.41, 5.74) is 2.29. The van der Waals surface area contributed by atoms with Gasteiger partial charge in [0.25, 0.3) is 0 Å². The van der Waals surface area contributed by atoms with Crippen LogP contribution in [0, 0.1) is 0 Å². The van der Waals surface area contributed by atoms with Gasteiger partial charge in [-0.2, -0.15) is 0 Å². The van der Waals surface area contributed by atoms with E-state index in [0.29, 0.717) is 0 Å². The first-order valence-electron chi connectivity index (χ1n) is 6.62. The van der Waals surface area contributed by atoms with E-state index in [9.17, 15) is 0 Å². The lowest BCUT2D eigenvalue weighted by Gasteiger charge is -2.28. The largest absolute Gasteiger partial charge is 0.297 e. The van der Waals surface area contributed by atoms with Crippen molar-refractivity contribution in [2.24, 2.45) is 5.10 Å². The Morgan fingerprint density at radius 2 is 1.45 bits per heavy atom. The summed E-state index contributed by atoms with van der Waals surface area (Å²) in [7, 11) is 0. The standard InChI is InChI=1S/C16H17N3S/c1-13-18(14-9-5-3-6-10-14)16(20-2)17-19(13)15-11-7-4-8-12-15/h3-13H,1-2H3/t13-/m1/s1. The zero-order chi connectivity index (χ0) is 13.9. The van der Waals surface area contributed by atoms with E-state index in [4.69, 9.17) is 5.10 Å². The fourth-order valence-corrected chi connectivity index (χ4v) is 3.03. The first kappa shape index (κ1) is 13.1. The van der Waals surface area contributed by atoms with Crippen molar-refractivity contribution in [1.29, 1.82) is 0 Å². The van der Waals surface area contributed by atoms with Crippen molar-refractivity contribution in [3.8, 4) is 0 Å². The average Bonchev–Trinajstić information content (AvgIpc) is 2.86. The minimum absolute atomic E-state index is 0.169. The molecule has 2 aromatic rings. The summed E-state index contributed by atoms with van der Waals surface area (Å²) in [5, 5.41) is 7.84. The number of nitrogens with zero attached hydrogens (tertiary/aromatic N) is 3. The van der Waals surface area contributed by atoms with Crippen molar-refractivity contribution >= 4 is 28.3 Å². The number of anilines is 2. The van der Waals surface area contributed by atoms with E-state index in [2.05, 4.69) is 59.5 Å². The second-order valence-corrected chi connectivity index (χ2v) is 5.38. The van der Waals surface area contributed by atoms with Crippen molar-refractivity contribution in [2.75, 3.05) is 16.2 Å². The molecule has 0 aromatic heterocycles. The topological polar surface area (TPSA) is 18.8 Å². The van der Waals surface area contributed by atoms with Gasteiger partial charge in [0.15, 0.2) is 5.17 Å². The van der Waals surface area contributed by atoms with Gasteiger partial charge < -0.3 is 0 Å². The average molecular weight is 283 g/mol. The maximum Gasteiger partial charge on any atom is 0.189 e. The SMILES string of the molecule is CSC1=NN(c2ccccc2)[C@H](C)N1c1ccccc1. The van der Waals surface area contributed by atoms with Crippen LogP contribution in [0.2, 0.25) is 0 Å². The monoisotopic (exact) mass is 283 g/mol. The van der Waals surface area contributed by atoms with Crippen LogP contribution in [0.4, 0.5) is 11.4 Å². The molecule has 0 radical (unpaired) electrons. The summed E-state index contributed by atoms with van der Waals surface area (Å²) in [5.74, 6) is 0. The fraction of sp³-hybridized carbons (Fsp3) is 0.188. The molecule has 0 bridgehead atoms. The molecule has 0 saturated carbocycles. The van der Waals surface area contributed by atoms with E-state index in [-0.39, 0.29) is 6.17 Å². The summed E-state index contributed by atoms with van der Waals surface area (Å²) >= 11 is 1.67. The first-order valence-corrected chi connectivity index (χ1v) is 7.85. The molecule has 0 saturated heterocycles. The molecule has 2 aromatic carbocycles. The molecule has 1 heterocycles. The Balaban J connectivity index is 1.97. The van der Waals surface area contributed by atoms with Crippen LogP contribution >= 0.6 is 11.8 Å². The Labute approximate surface area is 123 Å². The summed E-state index contributed by atoms with van der Waals surface area (Å²) in [4.78, 5) is 2.26. The zero-order valence-electron chi connectivity index (χ0n) is 11.6. The van der Waals surface area contributed by atoms with Gasteiger partial charge in [0.2, 0.25) is 0 Å². The van der Waals surface area contributed by atoms with Crippen LogP contribution in [-0.2, 0) is 0 Å². The highest BCUT2D eigenvalue weighted by atomic mass is 32.2. The molecule has 20 heavy (non-hydrogen) atoms. The molecule has 0 unspecified atom stereocenters. The predicted octanol–water partition coefficient (Wildman–Crippen LogP) is 3.99. The molecule has 1 aliphatic heterocycles. The molecular formula is C16H17N3S. The molecule has 0 fully saturated rings. The van der Waals surface area contributed by atoms with Crippen molar-refractivity contribution in [1.82, 2.24) is 0 Å². The summed E-state index contributed by atoms with van der Waals surface area (Å²) in [6.45, 7) is 2.17. The molecular weight excluding hydrogens is 266 g/mol. The molecule has 1 aliphatic rings. The highest BCUT2D eigenvalue weighted by molar-refractivity contribution is 8.13. The number of para-hydroxylation sites is 2. The Kier molecular flexibility index (Phi) is 3.65. The van der Waals surface area contributed by atoms with E-state index in [1.165, 1.54) is 5.69 Å². The first-order chi connectivity index (χ1) is 9.81. The van der Waals surface area contributed by atoms with Crippen LogP contribution < -0.4 is 9.91 Å². The Morgan fingerprint density at radius 3 is 2.00 bits per heavy atom. The highest BCUT2D eigenvalue weighted by Crippen LogP contribution is 2.31. The van der Waals surface area contributed by atoms with Gasteiger partial charge in [0.1, 0.15) is 6.17 Å². The minimum atomic E-state index is 0.169. The van der Waals surface area contributed by atoms with Gasteiger partial charge in [-0.1, -0.05) is 48.2 Å². The van der Waals surface area contributed by atoms with Crippen LogP contribution in [0.5, 0.6) is 0 Å². The normalized spacial score (nSPS) is 18.3. The van der Waals surface area contributed by atoms with Gasteiger partial charge in [-0.05, 0) is 37.4 Å². The van der Waals surface area contributed by atoms with Crippen molar-refractivity contribution in [2.45, 2.75) is 13.1 Å². The summed E-state index contributed by atoms with van der Waals surface area (Å²) < 4.78 is 0. The van der Waals surface area contributed by atoms with E-state index in [0.717, 1.165) is 10.9 Å². The molecule has 0 aliphatic carbocycles. The highest BCUT2D eigenvalue weighted by Gasteiger charge is 2.32. The molecule has 0 spiro atoms. The Hall–Kier alpha value is -1.94. The maximum atomic E-state index is 4.75. The van der Waals surface area contributed by atoms with Crippen molar-refractivity contribution in [3.63, 3.8) is 0 Å². The zero-order valence-corrected chi connectivity index (χ0v) is 12.4. The molecule has 4 heteroatoms. The second-order valence-electron chi connectivity index (χ2n) is 4.60. The molecule has 102 valence electrons. The number of rotatable bonds is 2. The van der Waals surface area contributed by atoms with Crippen molar-refractivity contribution < 1.29 is 0 Å². The van der Waals surface area contributed by atoms with E-state index < -0.39 is 0 Å². The number of hydrogen-bond donors (Lipinski definition) is 0. The minimum Gasteiger partial charge on any atom is -0.297 e. The quantitative estimate of drug-likeness (QED) is 0.830. The van der Waals surface area contributed by atoms with Crippen LogP contribution in [-0.4, -0.2) is 17.6 Å².